The van der Waals surface area contributed by atoms with Crippen LogP contribution in [-0.2, 0) is 21.4 Å². The molecule has 1 amide bonds. The van der Waals surface area contributed by atoms with Crippen molar-refractivity contribution in [3.63, 3.8) is 0 Å². The molecular formula is C34H35N3O6S. The molecule has 4 aromatic rings. The van der Waals surface area contributed by atoms with E-state index in [1.165, 1.54) is 47.8 Å². The summed E-state index contributed by atoms with van der Waals surface area (Å²) in [6.07, 6.45) is 2.09. The minimum atomic E-state index is -4.02. The third-order valence-corrected chi connectivity index (χ3v) is 9.80. The van der Waals surface area contributed by atoms with Gasteiger partial charge in [0.1, 0.15) is 11.3 Å². The highest BCUT2D eigenvalue weighted by Gasteiger charge is 2.27. The van der Waals surface area contributed by atoms with Crippen molar-refractivity contribution in [3.05, 3.63) is 114 Å². The second-order valence-corrected chi connectivity index (χ2v) is 12.9. The third kappa shape index (κ3) is 6.99. The summed E-state index contributed by atoms with van der Waals surface area (Å²) in [7, 11) is -2.68. The highest BCUT2D eigenvalue weighted by atomic mass is 32.2. The fourth-order valence-electron chi connectivity index (χ4n) is 5.41. The summed E-state index contributed by atoms with van der Waals surface area (Å²) >= 11 is 0. The zero-order chi connectivity index (χ0) is 31.3. The molecule has 3 N–H and O–H groups in total. The number of nitrogens with zero attached hydrogens (tertiary/aromatic N) is 2. The number of likely N-dealkylation sites (N-methyl/N-ethyl adjacent to an activating group) is 1. The van der Waals surface area contributed by atoms with Gasteiger partial charge in [-0.25, -0.2) is 13.2 Å². The zero-order valence-electron chi connectivity index (χ0n) is 24.4. The van der Waals surface area contributed by atoms with Gasteiger partial charge in [0, 0.05) is 12.7 Å². The Hall–Kier alpha value is -4.51. The molecule has 9 nitrogen and oxygen atoms in total. The average Bonchev–Trinajstić information content (AvgIpc) is 3.05. The van der Waals surface area contributed by atoms with Crippen molar-refractivity contribution in [1.29, 1.82) is 0 Å². The van der Waals surface area contributed by atoms with Gasteiger partial charge >= 0.3 is 5.97 Å². The van der Waals surface area contributed by atoms with Crippen LogP contribution in [0, 0.1) is 0 Å². The van der Waals surface area contributed by atoms with Crippen LogP contribution in [0.4, 0.5) is 5.69 Å². The summed E-state index contributed by atoms with van der Waals surface area (Å²) in [4.78, 5) is 26.9. The SMILES string of the molecule is CN(CC(=O)N(Cc1ccc(C2CCNCC2)cc1)c1ccc(O)c(C(=O)O)c1)S(=O)(=O)c1ccc(-c2ccccc2)cc1. The number of anilines is 1. The van der Waals surface area contributed by atoms with Crippen LogP contribution in [-0.4, -0.2) is 61.5 Å². The van der Waals surface area contributed by atoms with Gasteiger partial charge in [-0.2, -0.15) is 4.31 Å². The molecule has 1 heterocycles. The lowest BCUT2D eigenvalue weighted by atomic mass is 9.90. The first-order valence-corrected chi connectivity index (χ1v) is 15.9. The first-order valence-electron chi connectivity index (χ1n) is 14.4. The first kappa shape index (κ1) is 30.9. The number of benzene rings is 4. The van der Waals surface area contributed by atoms with Gasteiger partial charge in [-0.05, 0) is 84.4 Å². The Kier molecular flexibility index (Phi) is 9.43. The predicted octanol–water partition coefficient (Wildman–Crippen LogP) is 5.08. The van der Waals surface area contributed by atoms with Gasteiger partial charge in [0.15, 0.2) is 0 Å². The van der Waals surface area contributed by atoms with Crippen molar-refractivity contribution in [2.24, 2.45) is 0 Å². The number of sulfonamides is 1. The summed E-state index contributed by atoms with van der Waals surface area (Å²) < 4.78 is 27.9. The standard InChI is InChI=1S/C34H35N3O6S/c1-36(44(42,43)30-14-11-27(12-15-30)25-5-3-2-4-6-25)23-33(39)37(29-13-16-32(38)31(21-29)34(40)41)22-24-7-9-26(10-8-24)28-17-19-35-20-18-28/h2-16,21,28,35,38H,17-20,22-23H2,1H3,(H,40,41). The number of phenols is 1. The molecule has 0 aromatic heterocycles. The maximum atomic E-state index is 13.8. The minimum Gasteiger partial charge on any atom is -0.507 e. The molecule has 0 aliphatic carbocycles. The van der Waals surface area contributed by atoms with E-state index in [1.807, 2.05) is 54.6 Å². The van der Waals surface area contributed by atoms with Crippen molar-refractivity contribution in [2.75, 3.05) is 31.6 Å². The maximum absolute atomic E-state index is 13.8. The molecule has 4 aromatic carbocycles. The van der Waals surface area contributed by atoms with Crippen LogP contribution < -0.4 is 10.2 Å². The van der Waals surface area contributed by atoms with Gasteiger partial charge in [0.2, 0.25) is 15.9 Å². The number of carbonyl (C=O) groups is 2. The van der Waals surface area contributed by atoms with Gasteiger partial charge in [0.05, 0.1) is 18.0 Å². The van der Waals surface area contributed by atoms with Gasteiger partial charge in [-0.3, -0.25) is 4.79 Å². The van der Waals surface area contributed by atoms with E-state index in [1.54, 1.807) is 12.1 Å². The molecule has 228 valence electrons. The van der Waals surface area contributed by atoms with Crippen molar-refractivity contribution in [3.8, 4) is 16.9 Å². The molecule has 0 atom stereocenters. The molecular weight excluding hydrogens is 578 g/mol. The molecule has 1 saturated heterocycles. The smallest absolute Gasteiger partial charge is 0.339 e. The molecule has 0 radical (unpaired) electrons. The first-order chi connectivity index (χ1) is 21.1. The van der Waals surface area contributed by atoms with Crippen molar-refractivity contribution in [1.82, 2.24) is 9.62 Å². The number of nitrogens with one attached hydrogen (secondary N) is 1. The summed E-state index contributed by atoms with van der Waals surface area (Å²) in [5.41, 5.74) is 3.70. The summed E-state index contributed by atoms with van der Waals surface area (Å²) in [6, 6.07) is 27.9. The number of carboxylic acids is 1. The van der Waals surface area contributed by atoms with Crippen LogP contribution in [0.15, 0.2) is 102 Å². The normalized spacial score (nSPS) is 14.0. The average molecular weight is 614 g/mol. The van der Waals surface area contributed by atoms with Crippen LogP contribution in [0.1, 0.15) is 40.2 Å². The van der Waals surface area contributed by atoms with Crippen LogP contribution in [0.3, 0.4) is 0 Å². The maximum Gasteiger partial charge on any atom is 0.339 e. The molecule has 0 saturated carbocycles. The second-order valence-electron chi connectivity index (χ2n) is 10.9. The summed E-state index contributed by atoms with van der Waals surface area (Å²) in [5, 5.41) is 23.0. The number of aromatic carboxylic acids is 1. The Labute approximate surface area is 257 Å². The molecule has 5 rings (SSSR count). The van der Waals surface area contributed by atoms with Crippen molar-refractivity contribution < 1.29 is 28.2 Å². The monoisotopic (exact) mass is 613 g/mol. The van der Waals surface area contributed by atoms with Crippen LogP contribution in [0.25, 0.3) is 11.1 Å². The van der Waals surface area contributed by atoms with E-state index in [0.29, 0.717) is 5.92 Å². The highest BCUT2D eigenvalue weighted by molar-refractivity contribution is 7.89. The van der Waals surface area contributed by atoms with E-state index in [9.17, 15) is 28.2 Å². The van der Waals surface area contributed by atoms with E-state index in [-0.39, 0.29) is 22.7 Å². The molecule has 0 unspecified atom stereocenters. The fraction of sp³-hybridized carbons (Fsp3) is 0.235. The molecule has 0 spiro atoms. The topological polar surface area (TPSA) is 127 Å². The second kappa shape index (κ2) is 13.4. The summed E-state index contributed by atoms with van der Waals surface area (Å²) in [6.45, 7) is 1.53. The largest absolute Gasteiger partial charge is 0.507 e. The number of hydrogen-bond donors (Lipinski definition) is 3. The third-order valence-electron chi connectivity index (χ3n) is 7.98. The molecule has 1 fully saturated rings. The lowest BCUT2D eigenvalue weighted by Gasteiger charge is -2.27. The van der Waals surface area contributed by atoms with E-state index in [0.717, 1.165) is 46.9 Å². The predicted molar refractivity (Wildman–Crippen MR) is 169 cm³/mol. The molecule has 10 heteroatoms. The van der Waals surface area contributed by atoms with Crippen LogP contribution in [0.2, 0.25) is 0 Å². The van der Waals surface area contributed by atoms with E-state index in [4.69, 9.17) is 0 Å². The molecule has 0 bridgehead atoms. The van der Waals surface area contributed by atoms with Gasteiger partial charge < -0.3 is 20.4 Å². The number of amides is 1. The lowest BCUT2D eigenvalue weighted by Crippen LogP contribution is -2.41. The quantitative estimate of drug-likeness (QED) is 0.228. The fourth-order valence-corrected chi connectivity index (χ4v) is 6.53. The van der Waals surface area contributed by atoms with E-state index >= 15 is 0 Å². The number of piperidine rings is 1. The van der Waals surface area contributed by atoms with Crippen LogP contribution >= 0.6 is 0 Å². The molecule has 1 aliphatic heterocycles. The van der Waals surface area contributed by atoms with Crippen LogP contribution in [0.5, 0.6) is 5.75 Å². The lowest BCUT2D eigenvalue weighted by molar-refractivity contribution is -0.118. The Balaban J connectivity index is 1.38. The Morgan fingerprint density at radius 1 is 0.864 bits per heavy atom. The number of carboxylic acid groups (broad SMARTS) is 1. The van der Waals surface area contributed by atoms with Gasteiger partial charge in [-0.15, -0.1) is 0 Å². The van der Waals surface area contributed by atoms with Gasteiger partial charge in [-0.1, -0.05) is 66.7 Å². The van der Waals surface area contributed by atoms with E-state index < -0.39 is 34.2 Å². The van der Waals surface area contributed by atoms with Gasteiger partial charge in [0.25, 0.3) is 0 Å². The minimum absolute atomic E-state index is 0.0466. The number of carbonyl (C=O) groups excluding carboxylic acids is 1. The Morgan fingerprint density at radius 2 is 1.50 bits per heavy atom. The Morgan fingerprint density at radius 3 is 2.14 bits per heavy atom. The Bertz CT molecular complexity index is 1720. The molecule has 44 heavy (non-hydrogen) atoms. The van der Waals surface area contributed by atoms with E-state index in [2.05, 4.69) is 5.32 Å². The highest BCUT2D eigenvalue weighted by Crippen LogP contribution is 2.29. The van der Waals surface area contributed by atoms with Crippen molar-refractivity contribution >= 4 is 27.6 Å². The number of rotatable bonds is 10. The number of aromatic hydroxyl groups is 1. The summed E-state index contributed by atoms with van der Waals surface area (Å²) in [5.74, 6) is -1.87. The zero-order valence-corrected chi connectivity index (χ0v) is 25.2. The molecule has 1 aliphatic rings. The van der Waals surface area contributed by atoms with Crippen molar-refractivity contribution in [2.45, 2.75) is 30.2 Å². The number of hydrogen-bond acceptors (Lipinski definition) is 6.